The number of anilines is 1. The smallest absolute Gasteiger partial charge is 0.243 e. The number of nitrogens with zero attached hydrogens (tertiary/aromatic N) is 3. The Morgan fingerprint density at radius 3 is 3.00 bits per heavy atom. The lowest BCUT2D eigenvalue weighted by molar-refractivity contribution is -0.124. The highest BCUT2D eigenvalue weighted by Crippen LogP contribution is 2.12. The summed E-state index contributed by atoms with van der Waals surface area (Å²) >= 11 is 0. The van der Waals surface area contributed by atoms with Gasteiger partial charge in [-0.1, -0.05) is 6.92 Å². The average molecular weight is 264 g/mol. The summed E-state index contributed by atoms with van der Waals surface area (Å²) in [5, 5.41) is 2.73. The van der Waals surface area contributed by atoms with Crippen LogP contribution < -0.4 is 5.32 Å². The minimum Gasteiger partial charge on any atom is -0.376 e. The van der Waals surface area contributed by atoms with Gasteiger partial charge in [0, 0.05) is 25.5 Å². The number of carbonyl (C=O) groups is 1. The number of aromatic nitrogens is 2. The van der Waals surface area contributed by atoms with Gasteiger partial charge in [-0.05, 0) is 19.4 Å². The van der Waals surface area contributed by atoms with Crippen LogP contribution in [0.4, 0.5) is 5.95 Å². The van der Waals surface area contributed by atoms with Gasteiger partial charge < -0.3 is 4.74 Å². The molecule has 6 nitrogen and oxygen atoms in total. The molecule has 19 heavy (non-hydrogen) atoms. The van der Waals surface area contributed by atoms with Crippen molar-refractivity contribution >= 4 is 11.9 Å². The summed E-state index contributed by atoms with van der Waals surface area (Å²) in [7, 11) is 0. The lowest BCUT2D eigenvalue weighted by Gasteiger charge is -2.35. The highest BCUT2D eigenvalue weighted by Gasteiger charge is 2.27. The van der Waals surface area contributed by atoms with Gasteiger partial charge in [0.2, 0.25) is 11.9 Å². The molecule has 1 saturated heterocycles. The fraction of sp³-hybridized carbons (Fsp3) is 0.615. The molecule has 0 bridgehead atoms. The second-order valence-electron chi connectivity index (χ2n) is 4.63. The van der Waals surface area contributed by atoms with Crippen molar-refractivity contribution < 1.29 is 9.53 Å². The molecule has 0 radical (unpaired) electrons. The van der Waals surface area contributed by atoms with Crippen molar-refractivity contribution in [1.29, 1.82) is 0 Å². The molecule has 1 aliphatic heterocycles. The van der Waals surface area contributed by atoms with Crippen molar-refractivity contribution in [3.63, 3.8) is 0 Å². The molecule has 104 valence electrons. The van der Waals surface area contributed by atoms with Gasteiger partial charge in [0.25, 0.3) is 0 Å². The van der Waals surface area contributed by atoms with Crippen LogP contribution in [-0.4, -0.2) is 52.6 Å². The van der Waals surface area contributed by atoms with Crippen molar-refractivity contribution in [2.75, 3.05) is 25.0 Å². The molecule has 1 aromatic heterocycles. The quantitative estimate of drug-likeness (QED) is 0.875. The molecular formula is C13H20N4O2. The van der Waals surface area contributed by atoms with Crippen LogP contribution >= 0.6 is 0 Å². The minimum absolute atomic E-state index is 0.0806. The van der Waals surface area contributed by atoms with E-state index >= 15 is 0 Å². The van der Waals surface area contributed by atoms with Crippen LogP contribution in [0.1, 0.15) is 20.3 Å². The Hall–Kier alpha value is -1.53. The maximum absolute atomic E-state index is 12.1. The van der Waals surface area contributed by atoms with Crippen molar-refractivity contribution in [2.45, 2.75) is 32.4 Å². The zero-order valence-corrected chi connectivity index (χ0v) is 11.4. The third kappa shape index (κ3) is 3.71. The van der Waals surface area contributed by atoms with Gasteiger partial charge in [-0.3, -0.25) is 15.0 Å². The van der Waals surface area contributed by atoms with Crippen LogP contribution in [0.2, 0.25) is 0 Å². The Kier molecular flexibility index (Phi) is 4.81. The van der Waals surface area contributed by atoms with Gasteiger partial charge in [0.1, 0.15) is 0 Å². The van der Waals surface area contributed by atoms with Crippen LogP contribution in [0.3, 0.4) is 0 Å². The number of hydrogen-bond acceptors (Lipinski definition) is 5. The molecule has 2 atom stereocenters. The Bertz CT molecular complexity index is 412. The first-order valence-electron chi connectivity index (χ1n) is 6.64. The normalized spacial score (nSPS) is 21.9. The number of rotatable bonds is 4. The second-order valence-corrected chi connectivity index (χ2v) is 4.63. The Morgan fingerprint density at radius 2 is 2.32 bits per heavy atom. The summed E-state index contributed by atoms with van der Waals surface area (Å²) in [5.74, 6) is 0.266. The van der Waals surface area contributed by atoms with Gasteiger partial charge in [-0.25, -0.2) is 9.97 Å². The molecule has 1 aromatic rings. The van der Waals surface area contributed by atoms with Crippen LogP contribution in [0.25, 0.3) is 0 Å². The monoisotopic (exact) mass is 264 g/mol. The number of carbonyl (C=O) groups excluding carboxylic acids is 1. The summed E-state index contributed by atoms with van der Waals surface area (Å²) in [4.78, 5) is 22.3. The Balaban J connectivity index is 1.91. The Morgan fingerprint density at radius 1 is 1.58 bits per heavy atom. The topological polar surface area (TPSA) is 67.4 Å². The number of nitrogens with one attached hydrogen (secondary N) is 1. The summed E-state index contributed by atoms with van der Waals surface area (Å²) in [5.41, 5.74) is 0. The maximum atomic E-state index is 12.1. The van der Waals surface area contributed by atoms with Crippen molar-refractivity contribution in [2.24, 2.45) is 0 Å². The van der Waals surface area contributed by atoms with E-state index in [9.17, 15) is 4.79 Å². The van der Waals surface area contributed by atoms with Crippen molar-refractivity contribution in [1.82, 2.24) is 14.9 Å². The van der Waals surface area contributed by atoms with Crippen molar-refractivity contribution in [3.05, 3.63) is 18.5 Å². The van der Waals surface area contributed by atoms with E-state index in [1.165, 1.54) is 0 Å². The fourth-order valence-electron chi connectivity index (χ4n) is 2.08. The number of morpholine rings is 1. The van der Waals surface area contributed by atoms with Gasteiger partial charge in [-0.15, -0.1) is 0 Å². The molecule has 0 aliphatic carbocycles. The zero-order chi connectivity index (χ0) is 13.7. The van der Waals surface area contributed by atoms with Crippen LogP contribution in [-0.2, 0) is 9.53 Å². The second kappa shape index (κ2) is 6.58. The predicted molar refractivity (Wildman–Crippen MR) is 71.7 cm³/mol. The zero-order valence-electron chi connectivity index (χ0n) is 11.4. The molecule has 6 heteroatoms. The van der Waals surface area contributed by atoms with Gasteiger partial charge >= 0.3 is 0 Å². The molecule has 1 aliphatic rings. The van der Waals surface area contributed by atoms with E-state index in [1.807, 2.05) is 6.92 Å². The molecule has 2 heterocycles. The summed E-state index contributed by atoms with van der Waals surface area (Å²) in [6.45, 7) is 6.24. The first-order valence-corrected chi connectivity index (χ1v) is 6.64. The summed E-state index contributed by atoms with van der Waals surface area (Å²) in [6, 6.07) is 1.51. The highest BCUT2D eigenvalue weighted by molar-refractivity contribution is 5.93. The molecule has 0 saturated carbocycles. The standard InChI is InChI=1S/C13H20N4O2/c1-3-11-9-17(7-8-19-11)10(2)12(18)16-13-14-5-4-6-15-13/h4-6,10-11H,3,7-9H2,1-2H3,(H,14,15,16,18). The van der Waals surface area contributed by atoms with E-state index in [0.717, 1.165) is 19.5 Å². The maximum Gasteiger partial charge on any atom is 0.243 e. The molecule has 1 fully saturated rings. The number of ether oxygens (including phenoxy) is 1. The third-order valence-corrected chi connectivity index (χ3v) is 3.35. The summed E-state index contributed by atoms with van der Waals surface area (Å²) in [6.07, 6.45) is 4.40. The van der Waals surface area contributed by atoms with E-state index in [4.69, 9.17) is 4.74 Å². The molecule has 1 amide bonds. The third-order valence-electron chi connectivity index (χ3n) is 3.35. The highest BCUT2D eigenvalue weighted by atomic mass is 16.5. The van der Waals surface area contributed by atoms with E-state index in [2.05, 4.69) is 27.1 Å². The van der Waals surface area contributed by atoms with E-state index in [-0.39, 0.29) is 18.1 Å². The van der Waals surface area contributed by atoms with Crippen LogP contribution in [0, 0.1) is 0 Å². The van der Waals surface area contributed by atoms with E-state index in [1.54, 1.807) is 18.5 Å². The molecule has 2 unspecified atom stereocenters. The molecule has 1 N–H and O–H groups in total. The lowest BCUT2D eigenvalue weighted by atomic mass is 10.1. The molecule has 2 rings (SSSR count). The van der Waals surface area contributed by atoms with E-state index in [0.29, 0.717) is 12.6 Å². The average Bonchev–Trinajstić information content (AvgIpc) is 2.47. The first kappa shape index (κ1) is 13.9. The van der Waals surface area contributed by atoms with Gasteiger partial charge in [0.15, 0.2) is 0 Å². The van der Waals surface area contributed by atoms with Crippen LogP contribution in [0.15, 0.2) is 18.5 Å². The molecule has 0 spiro atoms. The SMILES string of the molecule is CCC1CN(C(C)C(=O)Nc2ncccn2)CCO1. The first-order chi connectivity index (χ1) is 9.20. The molecule has 0 aromatic carbocycles. The fourth-order valence-corrected chi connectivity index (χ4v) is 2.08. The van der Waals surface area contributed by atoms with Crippen molar-refractivity contribution in [3.8, 4) is 0 Å². The lowest BCUT2D eigenvalue weighted by Crippen LogP contribution is -2.50. The number of hydrogen-bond donors (Lipinski definition) is 1. The number of amides is 1. The molecular weight excluding hydrogens is 244 g/mol. The largest absolute Gasteiger partial charge is 0.376 e. The van der Waals surface area contributed by atoms with Gasteiger partial charge in [0.05, 0.1) is 18.8 Å². The predicted octanol–water partition coefficient (Wildman–Crippen LogP) is 0.914. The van der Waals surface area contributed by atoms with E-state index < -0.39 is 0 Å². The summed E-state index contributed by atoms with van der Waals surface area (Å²) < 4.78 is 5.61. The van der Waals surface area contributed by atoms with Crippen LogP contribution in [0.5, 0.6) is 0 Å². The Labute approximate surface area is 113 Å². The minimum atomic E-state index is -0.207. The van der Waals surface area contributed by atoms with Gasteiger partial charge in [-0.2, -0.15) is 0 Å².